The van der Waals surface area contributed by atoms with Gasteiger partial charge >= 0.3 is 0 Å². The second kappa shape index (κ2) is 5.74. The molecule has 2 aromatic heterocycles. The fourth-order valence-electron chi connectivity index (χ4n) is 2.75. The third-order valence-corrected chi connectivity index (χ3v) is 5.67. The zero-order chi connectivity index (χ0) is 14.1. The molecule has 0 bridgehead atoms. The molecule has 0 spiro atoms. The van der Waals surface area contributed by atoms with Gasteiger partial charge in [-0.3, -0.25) is 9.36 Å². The Hall–Kier alpha value is -1.07. The molecule has 0 unspecified atom stereocenters. The van der Waals surface area contributed by atoms with Gasteiger partial charge in [0.05, 0.1) is 5.39 Å². The molecule has 1 aliphatic carbocycles. The molecule has 0 radical (unpaired) electrons. The number of rotatable bonds is 4. The van der Waals surface area contributed by atoms with Crippen LogP contribution in [-0.2, 0) is 19.4 Å². The summed E-state index contributed by atoms with van der Waals surface area (Å²) < 4.78 is 1.77. The molecule has 2 heterocycles. The smallest absolute Gasteiger partial charge is 0.263 e. The highest BCUT2D eigenvalue weighted by Gasteiger charge is 2.21. The number of thiophene rings is 1. The SMILES string of the molecule is C=CCn1c(SCC)nc2sc3c(c2c1=O)CCCC3. The van der Waals surface area contributed by atoms with E-state index in [0.717, 1.165) is 34.0 Å². The third-order valence-electron chi connectivity index (χ3n) is 3.62. The molecule has 1 aliphatic rings. The molecule has 3 nitrogen and oxygen atoms in total. The molecule has 0 amide bonds. The molecule has 2 aromatic rings. The summed E-state index contributed by atoms with van der Waals surface area (Å²) >= 11 is 3.34. The summed E-state index contributed by atoms with van der Waals surface area (Å²) in [5.41, 5.74) is 1.38. The Morgan fingerprint density at radius 1 is 1.45 bits per heavy atom. The number of aryl methyl sites for hydroxylation is 2. The van der Waals surface area contributed by atoms with E-state index in [1.807, 2.05) is 0 Å². The van der Waals surface area contributed by atoms with Crippen molar-refractivity contribution in [3.63, 3.8) is 0 Å². The number of nitrogens with zero attached hydrogens (tertiary/aromatic N) is 2. The molecule has 0 atom stereocenters. The van der Waals surface area contributed by atoms with Crippen LogP contribution in [-0.4, -0.2) is 15.3 Å². The minimum Gasteiger partial charge on any atom is -0.283 e. The van der Waals surface area contributed by atoms with E-state index in [-0.39, 0.29) is 5.56 Å². The van der Waals surface area contributed by atoms with Gasteiger partial charge < -0.3 is 0 Å². The lowest BCUT2D eigenvalue weighted by molar-refractivity contribution is 0.668. The highest BCUT2D eigenvalue weighted by Crippen LogP contribution is 2.34. The molecule has 0 N–H and O–H groups in total. The van der Waals surface area contributed by atoms with E-state index in [1.54, 1.807) is 33.7 Å². The second-order valence-electron chi connectivity index (χ2n) is 4.92. The van der Waals surface area contributed by atoms with Crippen LogP contribution < -0.4 is 5.56 Å². The van der Waals surface area contributed by atoms with E-state index in [2.05, 4.69) is 13.5 Å². The molecule has 0 saturated carbocycles. The van der Waals surface area contributed by atoms with Gasteiger partial charge in [0.15, 0.2) is 5.16 Å². The van der Waals surface area contributed by atoms with E-state index in [0.29, 0.717) is 6.54 Å². The minimum atomic E-state index is 0.116. The van der Waals surface area contributed by atoms with E-state index >= 15 is 0 Å². The number of aromatic nitrogens is 2. The zero-order valence-corrected chi connectivity index (χ0v) is 13.3. The summed E-state index contributed by atoms with van der Waals surface area (Å²) in [6.45, 7) is 6.38. The van der Waals surface area contributed by atoms with E-state index in [4.69, 9.17) is 4.98 Å². The quantitative estimate of drug-likeness (QED) is 0.491. The highest BCUT2D eigenvalue weighted by molar-refractivity contribution is 7.99. The van der Waals surface area contributed by atoms with Crippen molar-refractivity contribution in [2.45, 2.75) is 44.3 Å². The maximum absolute atomic E-state index is 12.8. The van der Waals surface area contributed by atoms with Crippen molar-refractivity contribution in [3.05, 3.63) is 33.4 Å². The standard InChI is InChI=1S/C15H18N2OS2/c1-3-9-17-14(18)12-10-7-5-6-8-11(10)20-13(12)16-15(17)19-4-2/h3H,1,4-9H2,2H3. The average Bonchev–Trinajstić information content (AvgIpc) is 2.81. The normalized spacial score (nSPS) is 14.4. The Labute approximate surface area is 126 Å². The zero-order valence-electron chi connectivity index (χ0n) is 11.6. The average molecular weight is 306 g/mol. The molecular formula is C15H18N2OS2. The van der Waals surface area contributed by atoms with Crippen LogP contribution in [0.1, 0.15) is 30.2 Å². The summed E-state index contributed by atoms with van der Waals surface area (Å²) in [6, 6.07) is 0. The Balaban J connectivity index is 2.29. The molecule has 0 aromatic carbocycles. The van der Waals surface area contributed by atoms with Crippen molar-refractivity contribution < 1.29 is 0 Å². The first kappa shape index (κ1) is 13.9. The first-order valence-electron chi connectivity index (χ1n) is 7.05. The number of hydrogen-bond donors (Lipinski definition) is 0. The Kier molecular flexibility index (Phi) is 3.98. The van der Waals surface area contributed by atoms with Crippen LogP contribution in [0.15, 0.2) is 22.6 Å². The Bertz CT molecular complexity index is 715. The summed E-state index contributed by atoms with van der Waals surface area (Å²) in [5.74, 6) is 0.917. The van der Waals surface area contributed by atoms with Gasteiger partial charge in [-0.05, 0) is 37.0 Å². The summed E-state index contributed by atoms with van der Waals surface area (Å²) in [4.78, 5) is 19.9. The fraction of sp³-hybridized carbons (Fsp3) is 0.467. The van der Waals surface area contributed by atoms with Crippen LogP contribution in [0.5, 0.6) is 0 Å². The van der Waals surface area contributed by atoms with Crippen molar-refractivity contribution in [1.82, 2.24) is 9.55 Å². The van der Waals surface area contributed by atoms with Gasteiger partial charge in [-0.2, -0.15) is 0 Å². The maximum Gasteiger partial charge on any atom is 0.263 e. The third kappa shape index (κ3) is 2.23. The predicted molar refractivity (Wildman–Crippen MR) is 87.1 cm³/mol. The summed E-state index contributed by atoms with van der Waals surface area (Å²) in [6.07, 6.45) is 6.32. The number of fused-ring (bicyclic) bond motifs is 3. The van der Waals surface area contributed by atoms with Crippen molar-refractivity contribution in [2.75, 3.05) is 5.75 Å². The molecule has 0 saturated heterocycles. The number of allylic oxidation sites excluding steroid dienone is 1. The topological polar surface area (TPSA) is 34.9 Å². The van der Waals surface area contributed by atoms with Gasteiger partial charge in [-0.15, -0.1) is 17.9 Å². The maximum atomic E-state index is 12.8. The van der Waals surface area contributed by atoms with Gasteiger partial charge in [-0.25, -0.2) is 4.98 Å². The number of hydrogen-bond acceptors (Lipinski definition) is 4. The Morgan fingerprint density at radius 2 is 2.25 bits per heavy atom. The molecule has 5 heteroatoms. The van der Waals surface area contributed by atoms with Gasteiger partial charge in [0, 0.05) is 11.4 Å². The van der Waals surface area contributed by atoms with Crippen molar-refractivity contribution in [2.24, 2.45) is 0 Å². The lowest BCUT2D eigenvalue weighted by Crippen LogP contribution is -2.23. The summed E-state index contributed by atoms with van der Waals surface area (Å²) in [5, 5.41) is 1.69. The van der Waals surface area contributed by atoms with Crippen LogP contribution in [0.4, 0.5) is 0 Å². The van der Waals surface area contributed by atoms with E-state index in [9.17, 15) is 4.79 Å². The van der Waals surface area contributed by atoms with E-state index < -0.39 is 0 Å². The second-order valence-corrected chi connectivity index (χ2v) is 7.24. The number of thioether (sulfide) groups is 1. The predicted octanol–water partition coefficient (Wildman–Crippen LogP) is 3.63. The summed E-state index contributed by atoms with van der Waals surface area (Å²) in [7, 11) is 0. The van der Waals surface area contributed by atoms with Gasteiger partial charge in [-0.1, -0.05) is 24.8 Å². The molecule has 20 heavy (non-hydrogen) atoms. The van der Waals surface area contributed by atoms with Crippen LogP contribution in [0.3, 0.4) is 0 Å². The first-order valence-corrected chi connectivity index (χ1v) is 8.85. The monoisotopic (exact) mass is 306 g/mol. The lowest BCUT2D eigenvalue weighted by Gasteiger charge is -2.11. The lowest BCUT2D eigenvalue weighted by atomic mass is 9.97. The fourth-order valence-corrected chi connectivity index (χ4v) is 4.79. The molecule has 0 aliphatic heterocycles. The van der Waals surface area contributed by atoms with Crippen LogP contribution in [0, 0.1) is 0 Å². The van der Waals surface area contributed by atoms with E-state index in [1.165, 1.54) is 23.3 Å². The molecule has 3 rings (SSSR count). The van der Waals surface area contributed by atoms with Gasteiger partial charge in [0.25, 0.3) is 5.56 Å². The van der Waals surface area contributed by atoms with Crippen molar-refractivity contribution in [1.29, 1.82) is 0 Å². The largest absolute Gasteiger partial charge is 0.283 e. The van der Waals surface area contributed by atoms with Crippen molar-refractivity contribution in [3.8, 4) is 0 Å². The van der Waals surface area contributed by atoms with Crippen LogP contribution >= 0.6 is 23.1 Å². The van der Waals surface area contributed by atoms with Crippen LogP contribution in [0.2, 0.25) is 0 Å². The van der Waals surface area contributed by atoms with Crippen LogP contribution in [0.25, 0.3) is 10.2 Å². The highest BCUT2D eigenvalue weighted by atomic mass is 32.2. The Morgan fingerprint density at radius 3 is 3.00 bits per heavy atom. The molecule has 106 valence electrons. The minimum absolute atomic E-state index is 0.116. The first-order chi connectivity index (χ1) is 9.76. The molecule has 0 fully saturated rings. The van der Waals surface area contributed by atoms with Gasteiger partial charge in [0.2, 0.25) is 0 Å². The van der Waals surface area contributed by atoms with Gasteiger partial charge in [0.1, 0.15) is 4.83 Å². The van der Waals surface area contributed by atoms with Crippen molar-refractivity contribution >= 4 is 33.3 Å². The molecular weight excluding hydrogens is 288 g/mol.